The van der Waals surface area contributed by atoms with E-state index in [1.807, 2.05) is 0 Å². The van der Waals surface area contributed by atoms with Crippen LogP contribution in [0.25, 0.3) is 0 Å². The van der Waals surface area contributed by atoms with E-state index < -0.39 is 6.84 Å². The van der Waals surface area contributed by atoms with Crippen molar-refractivity contribution in [2.45, 2.75) is 117 Å². The monoisotopic (exact) mass is 405 g/mol. The van der Waals surface area contributed by atoms with Gasteiger partial charge in [0.15, 0.2) is 0 Å². The summed E-state index contributed by atoms with van der Waals surface area (Å²) in [7, 11) is 0.175. The first-order valence-electron chi connectivity index (χ1n) is 11.2. The first-order valence-corrected chi connectivity index (χ1v) is 12.2. The van der Waals surface area contributed by atoms with Crippen LogP contribution < -0.4 is 5.30 Å². The highest BCUT2D eigenvalue weighted by Gasteiger charge is 2.47. The molecule has 0 aromatic heterocycles. The summed E-state index contributed by atoms with van der Waals surface area (Å²) < 4.78 is 16.0. The first-order chi connectivity index (χ1) is 12.8. The highest BCUT2D eigenvalue weighted by atomic mass is 31.1. The van der Waals surface area contributed by atoms with Gasteiger partial charge in [-0.15, -0.1) is 0 Å². The topological polar surface area (TPSA) is 3.24 Å². The van der Waals surface area contributed by atoms with Gasteiger partial charge >= 0.3 is 6.84 Å². The number of nitrogens with zero attached hydrogens (tertiary/aromatic N) is 1. The van der Waals surface area contributed by atoms with Crippen molar-refractivity contribution < 1.29 is 4.32 Å². The largest absolute Gasteiger partial charge is 0.459 e. The van der Waals surface area contributed by atoms with Crippen molar-refractivity contribution in [3.05, 3.63) is 28.8 Å². The van der Waals surface area contributed by atoms with Gasteiger partial charge in [-0.25, -0.2) is 0 Å². The highest BCUT2D eigenvalue weighted by molar-refractivity contribution is 7.80. The summed E-state index contributed by atoms with van der Waals surface area (Å²) in [5.74, 6) is 1.31. The van der Waals surface area contributed by atoms with E-state index in [4.69, 9.17) is 0 Å². The Morgan fingerprint density at radius 1 is 0.857 bits per heavy atom. The Morgan fingerprint density at radius 2 is 1.29 bits per heavy atom. The van der Waals surface area contributed by atoms with Crippen molar-refractivity contribution in [3.63, 3.8) is 0 Å². The average Bonchev–Trinajstić information content (AvgIpc) is 2.52. The Labute approximate surface area is 176 Å². The van der Waals surface area contributed by atoms with Crippen molar-refractivity contribution in [2.75, 3.05) is 0 Å². The summed E-state index contributed by atoms with van der Waals surface area (Å²) in [6.45, 7) is 21.5. The maximum Gasteiger partial charge on any atom is 0.459 e. The lowest BCUT2D eigenvalue weighted by Gasteiger charge is -2.53. The molecule has 1 unspecified atom stereocenters. The molecule has 1 saturated heterocycles. The highest BCUT2D eigenvalue weighted by Crippen LogP contribution is 2.43. The number of piperidine rings is 1. The van der Waals surface area contributed by atoms with Crippen molar-refractivity contribution in [2.24, 2.45) is 0 Å². The van der Waals surface area contributed by atoms with Crippen LogP contribution >= 0.6 is 8.46 Å². The minimum Gasteiger partial charge on any atom is -0.304 e. The predicted octanol–water partition coefficient (Wildman–Crippen LogP) is 7.36. The van der Waals surface area contributed by atoms with Crippen molar-refractivity contribution in [1.29, 1.82) is 0 Å². The minimum atomic E-state index is -0.926. The number of rotatable bonds is 6. The van der Waals surface area contributed by atoms with Crippen molar-refractivity contribution in [3.8, 4) is 0 Å². The van der Waals surface area contributed by atoms with Crippen LogP contribution in [0.15, 0.2) is 12.1 Å². The number of hydrogen-bond acceptors (Lipinski definition) is 1. The summed E-state index contributed by atoms with van der Waals surface area (Å²) in [5.41, 5.74) is 3.89. The summed E-state index contributed by atoms with van der Waals surface area (Å²) >= 11 is 0. The molecule has 1 nitrogen and oxygen atoms in total. The van der Waals surface area contributed by atoms with Gasteiger partial charge in [-0.1, -0.05) is 62.1 Å². The van der Waals surface area contributed by atoms with Crippen molar-refractivity contribution >= 4 is 20.6 Å². The molecule has 1 aliphatic heterocycles. The van der Waals surface area contributed by atoms with E-state index in [1.165, 1.54) is 28.4 Å². The molecule has 4 heteroatoms. The lowest BCUT2D eigenvalue weighted by atomic mass is 9.76. The second kappa shape index (κ2) is 8.77. The van der Waals surface area contributed by atoms with Gasteiger partial charge in [-0.2, -0.15) is 0 Å². The molecule has 1 atom stereocenters. The second-order valence-electron chi connectivity index (χ2n) is 10.9. The van der Waals surface area contributed by atoms with Crippen LogP contribution in [0.2, 0.25) is 0 Å². The van der Waals surface area contributed by atoms with E-state index in [1.54, 1.807) is 0 Å². The van der Waals surface area contributed by atoms with Crippen LogP contribution in [-0.2, 0) is 0 Å². The zero-order valence-electron chi connectivity index (χ0n) is 19.9. The average molecular weight is 405 g/mol. The molecule has 0 radical (unpaired) electrons. The molecule has 0 saturated carbocycles. The molecule has 158 valence electrons. The third-order valence-electron chi connectivity index (χ3n) is 6.50. The van der Waals surface area contributed by atoms with Gasteiger partial charge in [-0.3, -0.25) is 4.81 Å². The molecule has 0 spiro atoms. The van der Waals surface area contributed by atoms with Gasteiger partial charge in [-0.05, 0) is 86.7 Å². The van der Waals surface area contributed by atoms with E-state index in [2.05, 4.69) is 86.2 Å². The fourth-order valence-corrected chi connectivity index (χ4v) is 7.05. The van der Waals surface area contributed by atoms with E-state index in [-0.39, 0.29) is 19.5 Å². The minimum absolute atomic E-state index is 0.0952. The molecular formula is C24H42BFNP. The van der Waals surface area contributed by atoms with E-state index in [0.717, 1.165) is 12.8 Å². The third-order valence-corrected chi connectivity index (χ3v) is 7.87. The maximum atomic E-state index is 16.0. The Balaban J connectivity index is 2.51. The number of halogens is 1. The van der Waals surface area contributed by atoms with Gasteiger partial charge in [0, 0.05) is 11.1 Å². The maximum absolute atomic E-state index is 16.0. The van der Waals surface area contributed by atoms with Gasteiger partial charge in [0.25, 0.3) is 0 Å². The van der Waals surface area contributed by atoms with E-state index in [9.17, 15) is 0 Å². The van der Waals surface area contributed by atoms with Crippen LogP contribution in [0.3, 0.4) is 0 Å². The predicted molar refractivity (Wildman–Crippen MR) is 127 cm³/mol. The molecule has 0 amide bonds. The zero-order valence-corrected chi connectivity index (χ0v) is 20.9. The standard InChI is InChI=1S/C24H42BFNP/c1-16(2)19-14-20(17(3)4)22(21(15-19)18(5)6)28-25(26)27-23(7,8)12-11-13-24(27,9)10/h14-18,28H,11-13H2,1-10H3. The molecule has 0 bridgehead atoms. The molecule has 28 heavy (non-hydrogen) atoms. The zero-order chi connectivity index (χ0) is 21.4. The molecule has 1 aromatic rings. The summed E-state index contributed by atoms with van der Waals surface area (Å²) in [4.78, 5) is 2.19. The molecule has 1 aliphatic rings. The summed E-state index contributed by atoms with van der Waals surface area (Å²) in [5, 5.41) is 1.28. The fourth-order valence-electron chi connectivity index (χ4n) is 4.93. The first kappa shape index (κ1) is 23.9. The lowest BCUT2D eigenvalue weighted by molar-refractivity contribution is 0.0455. The number of hydrogen-bond donors (Lipinski definition) is 0. The number of benzene rings is 1. The normalized spacial score (nSPS) is 20.1. The molecule has 1 fully saturated rings. The molecule has 1 aromatic carbocycles. The second-order valence-corrected chi connectivity index (χ2v) is 12.1. The van der Waals surface area contributed by atoms with E-state index >= 15 is 4.32 Å². The van der Waals surface area contributed by atoms with Gasteiger partial charge < -0.3 is 4.32 Å². The van der Waals surface area contributed by atoms with Crippen LogP contribution in [-0.4, -0.2) is 22.7 Å². The van der Waals surface area contributed by atoms with Crippen LogP contribution in [0.1, 0.15) is 123 Å². The van der Waals surface area contributed by atoms with Crippen LogP contribution in [0.5, 0.6) is 0 Å². The Kier molecular flexibility index (Phi) is 7.48. The summed E-state index contributed by atoms with van der Waals surface area (Å²) in [6, 6.07) is 4.70. The lowest BCUT2D eigenvalue weighted by Crippen LogP contribution is -2.62. The Bertz CT molecular complexity index is 636. The third kappa shape index (κ3) is 5.01. The van der Waals surface area contributed by atoms with Crippen LogP contribution in [0, 0.1) is 0 Å². The van der Waals surface area contributed by atoms with Crippen LogP contribution in [0.4, 0.5) is 4.32 Å². The Hall–Kier alpha value is -0.395. The molecule has 0 N–H and O–H groups in total. The van der Waals surface area contributed by atoms with Gasteiger partial charge in [0.2, 0.25) is 0 Å². The fraction of sp³-hybridized carbons (Fsp3) is 0.750. The Morgan fingerprint density at radius 3 is 1.64 bits per heavy atom. The quantitative estimate of drug-likeness (QED) is 0.353. The molecule has 0 aliphatic carbocycles. The molecule has 2 rings (SSSR count). The smallest absolute Gasteiger partial charge is 0.304 e. The molecule has 1 heterocycles. The van der Waals surface area contributed by atoms with E-state index in [0.29, 0.717) is 17.8 Å². The van der Waals surface area contributed by atoms with Gasteiger partial charge in [0.1, 0.15) is 0 Å². The van der Waals surface area contributed by atoms with Gasteiger partial charge in [0.05, 0.1) is 0 Å². The van der Waals surface area contributed by atoms with Crippen molar-refractivity contribution in [1.82, 2.24) is 4.81 Å². The summed E-state index contributed by atoms with van der Waals surface area (Å²) in [6.07, 6.45) is 3.33. The SMILES string of the molecule is CC(C)c1cc(C(C)C)c(PB(F)N2C(C)(C)CCCC2(C)C)c(C(C)C)c1. The molecular weight excluding hydrogens is 363 g/mol.